The van der Waals surface area contributed by atoms with Crippen LogP contribution in [-0.4, -0.2) is 37.4 Å². The van der Waals surface area contributed by atoms with Crippen LogP contribution in [0.25, 0.3) is 6.08 Å². The smallest absolute Gasteiger partial charge is 0.327 e. The molecule has 1 atom stereocenters. The van der Waals surface area contributed by atoms with Gasteiger partial charge in [-0.1, -0.05) is 50.0 Å². The van der Waals surface area contributed by atoms with Gasteiger partial charge in [0.05, 0.1) is 4.91 Å². The van der Waals surface area contributed by atoms with Gasteiger partial charge in [0.1, 0.15) is 16.1 Å². The standard InChI is InChI=1S/C15H15NO4S2/c1-8(2)12(14(19)20)16-13(18)11(22-15(16)21)7-9-4-3-5-10(17)6-9/h3-8,12,17H,1-2H3,(H,19,20)/b11-7-/t12-/m0/s1. The highest BCUT2D eigenvalue weighted by molar-refractivity contribution is 8.26. The van der Waals surface area contributed by atoms with Gasteiger partial charge < -0.3 is 10.2 Å². The molecule has 1 amide bonds. The first-order valence-corrected chi connectivity index (χ1v) is 7.82. The van der Waals surface area contributed by atoms with E-state index in [0.29, 0.717) is 10.5 Å². The molecular formula is C15H15NO4S2. The number of carbonyl (C=O) groups excluding carboxylic acids is 1. The molecule has 1 aliphatic heterocycles. The monoisotopic (exact) mass is 337 g/mol. The first kappa shape index (κ1) is 16.5. The summed E-state index contributed by atoms with van der Waals surface area (Å²) in [4.78, 5) is 25.4. The summed E-state index contributed by atoms with van der Waals surface area (Å²) in [6, 6.07) is 5.47. The Balaban J connectivity index is 2.34. The Morgan fingerprint density at radius 3 is 2.64 bits per heavy atom. The van der Waals surface area contributed by atoms with Crippen molar-refractivity contribution in [2.45, 2.75) is 19.9 Å². The molecular weight excluding hydrogens is 322 g/mol. The molecule has 1 fully saturated rings. The normalized spacial score (nSPS) is 18.3. The first-order valence-electron chi connectivity index (χ1n) is 6.60. The Morgan fingerprint density at radius 1 is 1.41 bits per heavy atom. The number of phenols is 1. The van der Waals surface area contributed by atoms with Gasteiger partial charge in [0.15, 0.2) is 0 Å². The zero-order valence-electron chi connectivity index (χ0n) is 12.0. The van der Waals surface area contributed by atoms with Crippen LogP contribution < -0.4 is 0 Å². The number of benzene rings is 1. The average molecular weight is 337 g/mol. The zero-order valence-corrected chi connectivity index (χ0v) is 13.6. The second-order valence-corrected chi connectivity index (χ2v) is 6.85. The third-order valence-corrected chi connectivity index (χ3v) is 4.48. The minimum absolute atomic E-state index is 0.0924. The highest BCUT2D eigenvalue weighted by atomic mass is 32.2. The molecule has 0 unspecified atom stereocenters. The maximum Gasteiger partial charge on any atom is 0.327 e. The van der Waals surface area contributed by atoms with Crippen LogP contribution in [0.1, 0.15) is 19.4 Å². The molecule has 1 aromatic rings. The van der Waals surface area contributed by atoms with E-state index < -0.39 is 17.9 Å². The summed E-state index contributed by atoms with van der Waals surface area (Å²) in [6.07, 6.45) is 1.60. The highest BCUT2D eigenvalue weighted by Crippen LogP contribution is 2.35. The van der Waals surface area contributed by atoms with Crippen molar-refractivity contribution in [1.29, 1.82) is 0 Å². The molecule has 0 aromatic heterocycles. The summed E-state index contributed by atoms with van der Waals surface area (Å²) in [7, 11) is 0. The van der Waals surface area contributed by atoms with E-state index in [4.69, 9.17) is 12.2 Å². The van der Waals surface area contributed by atoms with Gasteiger partial charge in [0, 0.05) is 0 Å². The van der Waals surface area contributed by atoms with Crippen molar-refractivity contribution in [3.63, 3.8) is 0 Å². The minimum atomic E-state index is -1.08. The summed E-state index contributed by atoms with van der Waals surface area (Å²) in [5.74, 6) is -1.67. The van der Waals surface area contributed by atoms with E-state index in [-0.39, 0.29) is 16.0 Å². The number of aliphatic carboxylic acids is 1. The number of hydrogen-bond acceptors (Lipinski definition) is 5. The molecule has 2 N–H and O–H groups in total. The quantitative estimate of drug-likeness (QED) is 0.650. The number of thiocarbonyl (C=S) groups is 1. The fourth-order valence-corrected chi connectivity index (χ4v) is 3.51. The van der Waals surface area contributed by atoms with Crippen LogP contribution in [0.4, 0.5) is 0 Å². The van der Waals surface area contributed by atoms with Crippen molar-refractivity contribution in [1.82, 2.24) is 4.90 Å². The van der Waals surface area contributed by atoms with Crippen LogP contribution in [0.3, 0.4) is 0 Å². The summed E-state index contributed by atoms with van der Waals surface area (Å²) < 4.78 is 0.234. The number of rotatable bonds is 4. The van der Waals surface area contributed by atoms with Crippen LogP contribution in [0, 0.1) is 5.92 Å². The zero-order chi connectivity index (χ0) is 16.4. The molecule has 1 saturated heterocycles. The maximum absolute atomic E-state index is 12.5. The molecule has 0 spiro atoms. The minimum Gasteiger partial charge on any atom is -0.508 e. The van der Waals surface area contributed by atoms with Gasteiger partial charge in [-0.25, -0.2) is 4.79 Å². The van der Waals surface area contributed by atoms with Crippen LogP contribution in [0.2, 0.25) is 0 Å². The highest BCUT2D eigenvalue weighted by Gasteiger charge is 2.41. The predicted octanol–water partition coefficient (Wildman–Crippen LogP) is 2.70. The lowest BCUT2D eigenvalue weighted by Gasteiger charge is -2.26. The lowest BCUT2D eigenvalue weighted by atomic mass is 10.0. The molecule has 0 bridgehead atoms. The SMILES string of the molecule is CC(C)[C@@H](C(=O)O)N1C(=O)/C(=C/c2cccc(O)c2)SC1=S. The number of amides is 1. The number of thioether (sulfide) groups is 1. The molecule has 1 aliphatic rings. The Labute approximate surface area is 137 Å². The summed E-state index contributed by atoms with van der Waals surface area (Å²) in [5.41, 5.74) is 0.650. The molecule has 5 nitrogen and oxygen atoms in total. The van der Waals surface area contributed by atoms with Crippen molar-refractivity contribution >= 4 is 46.3 Å². The molecule has 0 aliphatic carbocycles. The van der Waals surface area contributed by atoms with E-state index in [2.05, 4.69) is 0 Å². The van der Waals surface area contributed by atoms with Crippen LogP contribution in [-0.2, 0) is 9.59 Å². The number of carboxylic acid groups (broad SMARTS) is 1. The Morgan fingerprint density at radius 2 is 2.09 bits per heavy atom. The van der Waals surface area contributed by atoms with Gasteiger partial charge >= 0.3 is 5.97 Å². The van der Waals surface area contributed by atoms with Crippen molar-refractivity contribution in [2.24, 2.45) is 5.92 Å². The average Bonchev–Trinajstić information content (AvgIpc) is 2.66. The van der Waals surface area contributed by atoms with Crippen LogP contribution in [0.15, 0.2) is 29.2 Å². The lowest BCUT2D eigenvalue weighted by molar-refractivity contribution is -0.146. The number of hydrogen-bond donors (Lipinski definition) is 2. The van der Waals surface area contributed by atoms with Gasteiger partial charge in [-0.15, -0.1) is 0 Å². The summed E-state index contributed by atoms with van der Waals surface area (Å²) >= 11 is 6.24. The van der Waals surface area contributed by atoms with E-state index in [9.17, 15) is 19.8 Å². The second-order valence-electron chi connectivity index (χ2n) is 5.17. The summed E-state index contributed by atoms with van der Waals surface area (Å²) in [6.45, 7) is 3.46. The number of phenolic OH excluding ortho intramolecular Hbond substituents is 1. The number of nitrogens with zero attached hydrogens (tertiary/aromatic N) is 1. The molecule has 0 radical (unpaired) electrons. The van der Waals surface area contributed by atoms with E-state index in [1.54, 1.807) is 32.1 Å². The molecule has 116 valence electrons. The van der Waals surface area contributed by atoms with E-state index in [1.807, 2.05) is 0 Å². The molecule has 22 heavy (non-hydrogen) atoms. The number of carbonyl (C=O) groups is 2. The Bertz CT molecular complexity index is 669. The van der Waals surface area contributed by atoms with E-state index in [0.717, 1.165) is 16.7 Å². The summed E-state index contributed by atoms with van der Waals surface area (Å²) in [5, 5.41) is 18.8. The maximum atomic E-state index is 12.5. The van der Waals surface area contributed by atoms with Gasteiger partial charge in [-0.05, 0) is 29.7 Å². The topological polar surface area (TPSA) is 77.8 Å². The predicted molar refractivity (Wildman–Crippen MR) is 89.4 cm³/mol. The second kappa shape index (κ2) is 6.50. The van der Waals surface area contributed by atoms with Crippen LogP contribution in [0.5, 0.6) is 5.75 Å². The van der Waals surface area contributed by atoms with Crippen LogP contribution >= 0.6 is 24.0 Å². The lowest BCUT2D eigenvalue weighted by Crippen LogP contribution is -2.47. The number of aromatic hydroxyl groups is 1. The van der Waals surface area contributed by atoms with Gasteiger partial charge in [-0.3, -0.25) is 9.69 Å². The fourth-order valence-electron chi connectivity index (χ4n) is 2.18. The molecule has 7 heteroatoms. The largest absolute Gasteiger partial charge is 0.508 e. The van der Waals surface area contributed by atoms with E-state index in [1.165, 1.54) is 12.1 Å². The van der Waals surface area contributed by atoms with Crippen molar-refractivity contribution < 1.29 is 19.8 Å². The van der Waals surface area contributed by atoms with Gasteiger partial charge in [0.2, 0.25) is 0 Å². The molecule has 1 heterocycles. The Hall–Kier alpha value is -1.86. The number of carboxylic acids is 1. The third-order valence-electron chi connectivity index (χ3n) is 3.15. The van der Waals surface area contributed by atoms with E-state index >= 15 is 0 Å². The van der Waals surface area contributed by atoms with Crippen molar-refractivity contribution in [2.75, 3.05) is 0 Å². The molecule has 2 rings (SSSR count). The molecule has 1 aromatic carbocycles. The van der Waals surface area contributed by atoms with Crippen molar-refractivity contribution in [3.8, 4) is 5.75 Å². The first-order chi connectivity index (χ1) is 10.3. The third kappa shape index (κ3) is 3.31. The Kier molecular flexibility index (Phi) is 4.87. The molecule has 0 saturated carbocycles. The fraction of sp³-hybridized carbons (Fsp3) is 0.267. The van der Waals surface area contributed by atoms with Gasteiger partial charge in [0.25, 0.3) is 5.91 Å². The van der Waals surface area contributed by atoms with Crippen molar-refractivity contribution in [3.05, 3.63) is 34.7 Å². The van der Waals surface area contributed by atoms with Gasteiger partial charge in [-0.2, -0.15) is 0 Å².